The first kappa shape index (κ1) is 29.4. The lowest BCUT2D eigenvalue weighted by Gasteiger charge is -2.31. The van der Waals surface area contributed by atoms with E-state index in [1.54, 1.807) is 0 Å². The number of anilines is 1. The van der Waals surface area contributed by atoms with Gasteiger partial charge < -0.3 is 9.64 Å². The van der Waals surface area contributed by atoms with E-state index in [1.165, 1.54) is 11.1 Å². The highest BCUT2D eigenvalue weighted by Crippen LogP contribution is 2.39. The van der Waals surface area contributed by atoms with Crippen molar-refractivity contribution in [3.63, 3.8) is 0 Å². The molecule has 0 aliphatic heterocycles. The van der Waals surface area contributed by atoms with Gasteiger partial charge >= 0.3 is 0 Å². The third-order valence-electron chi connectivity index (χ3n) is 8.56. The van der Waals surface area contributed by atoms with Gasteiger partial charge in [-0.3, -0.25) is 14.5 Å². The van der Waals surface area contributed by atoms with Gasteiger partial charge in [-0.25, -0.2) is 0 Å². The molecule has 0 spiro atoms. The summed E-state index contributed by atoms with van der Waals surface area (Å²) in [5.41, 5.74) is 8.60. The van der Waals surface area contributed by atoms with Gasteiger partial charge in [0.2, 0.25) is 5.91 Å². The topological polar surface area (TPSA) is 60.2 Å². The van der Waals surface area contributed by atoms with Crippen LogP contribution in [0.5, 0.6) is 5.75 Å². The Hall–Kier alpha value is -4.71. The lowest BCUT2D eigenvalue weighted by molar-refractivity contribution is -0.120. The minimum atomic E-state index is -0.259. The Morgan fingerprint density at radius 2 is 1.77 bits per heavy atom. The molecule has 0 bridgehead atoms. The van der Waals surface area contributed by atoms with E-state index >= 15 is 0 Å². The second-order valence-electron chi connectivity index (χ2n) is 12.0. The molecule has 224 valence electrons. The molecule has 1 aliphatic rings. The molecule has 6 rings (SSSR count). The van der Waals surface area contributed by atoms with Crippen LogP contribution in [0.4, 0.5) is 5.69 Å². The lowest BCUT2D eigenvalue weighted by atomic mass is 9.81. The normalized spacial score (nSPS) is 14.3. The summed E-state index contributed by atoms with van der Waals surface area (Å²) in [5.74, 6) is 1.01. The fourth-order valence-corrected chi connectivity index (χ4v) is 6.04. The largest absolute Gasteiger partial charge is 0.489 e. The van der Waals surface area contributed by atoms with Gasteiger partial charge in [0.1, 0.15) is 12.4 Å². The molecule has 1 unspecified atom stereocenters. The van der Waals surface area contributed by atoms with Crippen molar-refractivity contribution in [1.82, 2.24) is 14.8 Å². The minimum Gasteiger partial charge on any atom is -0.489 e. The minimum absolute atomic E-state index is 0.0805. The van der Waals surface area contributed by atoms with Crippen LogP contribution in [0, 0.1) is 6.92 Å². The van der Waals surface area contributed by atoms with Crippen LogP contribution >= 0.6 is 0 Å². The first-order valence-corrected chi connectivity index (χ1v) is 15.6. The Labute approximate surface area is 260 Å². The van der Waals surface area contributed by atoms with Gasteiger partial charge in [0.05, 0.1) is 37.1 Å². The summed E-state index contributed by atoms with van der Waals surface area (Å²) < 4.78 is 8.26. The summed E-state index contributed by atoms with van der Waals surface area (Å²) in [6.45, 7) is 7.99. The highest BCUT2D eigenvalue weighted by atomic mass is 16.5. The van der Waals surface area contributed by atoms with E-state index in [2.05, 4.69) is 68.3 Å². The maximum Gasteiger partial charge on any atom is 0.234 e. The van der Waals surface area contributed by atoms with Gasteiger partial charge in [-0.2, -0.15) is 5.10 Å². The summed E-state index contributed by atoms with van der Waals surface area (Å²) >= 11 is 0. The van der Waals surface area contributed by atoms with Crippen LogP contribution in [0.1, 0.15) is 77.6 Å². The molecule has 0 saturated carbocycles. The Morgan fingerprint density at radius 3 is 2.55 bits per heavy atom. The number of carbonyl (C=O) groups is 1. The number of benzene rings is 3. The van der Waals surface area contributed by atoms with Crippen LogP contribution in [0.15, 0.2) is 104 Å². The van der Waals surface area contributed by atoms with Crippen molar-refractivity contribution >= 4 is 11.6 Å². The SMILES string of the molecule is Cc1ccccc1Cn1cc(CN(C(=O)C2CCCc3c(OCc4ccccc4)cccc32)c2ccc(C(C)C)nc2)cn1. The van der Waals surface area contributed by atoms with Gasteiger partial charge in [0.25, 0.3) is 0 Å². The standard InChI is InChI=1S/C38H40N4O2/c1-27(2)36-20-19-32(22-39-36)42(24-30-21-40-41(23-30)25-31-14-8-7-11-28(31)3)38(43)35-17-9-16-34-33(35)15-10-18-37(34)44-26-29-12-5-4-6-13-29/h4-8,10-15,18-23,27,35H,9,16-17,24-26H2,1-3H3. The maximum atomic E-state index is 14.5. The van der Waals surface area contributed by atoms with Crippen molar-refractivity contribution in [3.05, 3.63) is 143 Å². The molecular weight excluding hydrogens is 544 g/mol. The first-order valence-electron chi connectivity index (χ1n) is 15.6. The number of rotatable bonds is 10. The number of nitrogens with zero attached hydrogens (tertiary/aromatic N) is 4. The number of hydrogen-bond acceptors (Lipinski definition) is 4. The molecule has 2 aromatic heterocycles. The first-order chi connectivity index (χ1) is 21.5. The van der Waals surface area contributed by atoms with Crippen molar-refractivity contribution in [1.29, 1.82) is 0 Å². The predicted octanol–water partition coefficient (Wildman–Crippen LogP) is 7.99. The Balaban J connectivity index is 1.28. The van der Waals surface area contributed by atoms with Crippen LogP contribution < -0.4 is 9.64 Å². The van der Waals surface area contributed by atoms with Gasteiger partial charge in [-0.05, 0) is 78.1 Å². The molecular formula is C38H40N4O2. The van der Waals surface area contributed by atoms with Crippen LogP contribution in [-0.4, -0.2) is 20.7 Å². The van der Waals surface area contributed by atoms with Crippen molar-refractivity contribution in [2.75, 3.05) is 4.90 Å². The zero-order valence-electron chi connectivity index (χ0n) is 25.8. The summed E-state index contributed by atoms with van der Waals surface area (Å²) in [4.78, 5) is 21.2. The average molecular weight is 585 g/mol. The van der Waals surface area contributed by atoms with Crippen LogP contribution in [-0.2, 0) is 30.9 Å². The highest BCUT2D eigenvalue weighted by molar-refractivity contribution is 5.98. The van der Waals surface area contributed by atoms with E-state index in [0.29, 0.717) is 25.6 Å². The third-order valence-corrected chi connectivity index (χ3v) is 8.56. The smallest absolute Gasteiger partial charge is 0.234 e. The molecule has 1 aliphatic carbocycles. The van der Waals surface area contributed by atoms with Gasteiger partial charge in [-0.1, -0.05) is 80.6 Å². The fourth-order valence-electron chi connectivity index (χ4n) is 6.04. The number of amides is 1. The molecule has 2 heterocycles. The zero-order valence-corrected chi connectivity index (χ0v) is 25.8. The van der Waals surface area contributed by atoms with Crippen LogP contribution in [0.2, 0.25) is 0 Å². The summed E-state index contributed by atoms with van der Waals surface area (Å²) in [5, 5.41) is 4.65. The molecule has 0 N–H and O–H groups in total. The van der Waals surface area contributed by atoms with Crippen molar-refractivity contribution in [3.8, 4) is 5.75 Å². The van der Waals surface area contributed by atoms with Crippen molar-refractivity contribution in [2.45, 2.75) is 71.6 Å². The Morgan fingerprint density at radius 1 is 0.955 bits per heavy atom. The van der Waals surface area contributed by atoms with Gasteiger partial charge in [0, 0.05) is 17.5 Å². The molecule has 3 aromatic carbocycles. The van der Waals surface area contributed by atoms with E-state index in [1.807, 2.05) is 70.6 Å². The highest BCUT2D eigenvalue weighted by Gasteiger charge is 2.32. The molecule has 1 amide bonds. The summed E-state index contributed by atoms with van der Waals surface area (Å²) in [6, 6.07) is 28.8. The van der Waals surface area contributed by atoms with Gasteiger partial charge in [-0.15, -0.1) is 0 Å². The average Bonchev–Trinajstić information content (AvgIpc) is 3.50. The van der Waals surface area contributed by atoms with E-state index in [-0.39, 0.29) is 11.8 Å². The predicted molar refractivity (Wildman–Crippen MR) is 175 cm³/mol. The molecule has 0 radical (unpaired) electrons. The molecule has 44 heavy (non-hydrogen) atoms. The maximum absolute atomic E-state index is 14.5. The molecule has 0 fully saturated rings. The third kappa shape index (κ3) is 6.60. The second-order valence-corrected chi connectivity index (χ2v) is 12.0. The van der Waals surface area contributed by atoms with Crippen LogP contribution in [0.3, 0.4) is 0 Å². The number of aryl methyl sites for hydroxylation is 1. The number of hydrogen-bond donors (Lipinski definition) is 0. The fraction of sp³-hybridized carbons (Fsp3) is 0.289. The van der Waals surface area contributed by atoms with Crippen molar-refractivity contribution < 1.29 is 9.53 Å². The number of pyridine rings is 1. The Bertz CT molecular complexity index is 1710. The molecule has 1 atom stereocenters. The number of fused-ring (bicyclic) bond motifs is 1. The molecule has 5 aromatic rings. The van der Waals surface area contributed by atoms with E-state index in [0.717, 1.165) is 58.6 Å². The zero-order chi connectivity index (χ0) is 30.5. The second kappa shape index (κ2) is 13.3. The van der Waals surface area contributed by atoms with E-state index in [4.69, 9.17) is 9.72 Å². The monoisotopic (exact) mass is 584 g/mol. The quantitative estimate of drug-likeness (QED) is 0.167. The molecule has 6 nitrogen and oxygen atoms in total. The number of carbonyl (C=O) groups excluding carboxylic acids is 1. The van der Waals surface area contributed by atoms with Crippen molar-refractivity contribution in [2.24, 2.45) is 0 Å². The molecule has 0 saturated heterocycles. The van der Waals surface area contributed by atoms with Crippen LogP contribution in [0.25, 0.3) is 0 Å². The van der Waals surface area contributed by atoms with E-state index < -0.39 is 0 Å². The lowest BCUT2D eigenvalue weighted by Crippen LogP contribution is -2.36. The number of ether oxygens (including phenoxy) is 1. The summed E-state index contributed by atoms with van der Waals surface area (Å²) in [6.07, 6.45) is 8.40. The van der Waals surface area contributed by atoms with E-state index in [9.17, 15) is 4.79 Å². The number of aromatic nitrogens is 3. The summed E-state index contributed by atoms with van der Waals surface area (Å²) in [7, 11) is 0. The Kier molecular flexibility index (Phi) is 8.87. The molecule has 6 heteroatoms. The van der Waals surface area contributed by atoms with Gasteiger partial charge in [0.15, 0.2) is 0 Å².